The van der Waals surface area contributed by atoms with Gasteiger partial charge in [-0.2, -0.15) is 0 Å². The van der Waals surface area contributed by atoms with E-state index in [1.807, 2.05) is 5.38 Å². The number of ether oxygens (including phenoxy) is 1. The first-order valence-electron chi connectivity index (χ1n) is 8.68. The number of benzene rings is 1. The summed E-state index contributed by atoms with van der Waals surface area (Å²) in [4.78, 5) is 37.2. The Morgan fingerprint density at radius 1 is 1.12 bits per heavy atom. The predicted molar refractivity (Wildman–Crippen MR) is 101 cm³/mol. The minimum absolute atomic E-state index is 0.0377. The molecule has 1 N–H and O–H groups in total. The average Bonchev–Trinajstić information content (AvgIpc) is 3.06. The standard InChI is InChI=1S/C20H21NO4S/c1-12(22)14-7-9-15(10-8-14)21-19(23)13(2)25-20(24)17-11-26-18-6-4-3-5-16(17)18/h7-11,13H,3-6H2,1-2H3,(H,21,23). The van der Waals surface area contributed by atoms with Gasteiger partial charge in [0.05, 0.1) is 5.56 Å². The number of thiophene rings is 1. The fourth-order valence-electron chi connectivity index (χ4n) is 2.97. The Labute approximate surface area is 156 Å². The third-order valence-corrected chi connectivity index (χ3v) is 5.58. The van der Waals surface area contributed by atoms with Gasteiger partial charge in [0.15, 0.2) is 11.9 Å². The van der Waals surface area contributed by atoms with Gasteiger partial charge in [-0.15, -0.1) is 11.3 Å². The van der Waals surface area contributed by atoms with Gasteiger partial charge in [-0.05, 0) is 69.4 Å². The van der Waals surface area contributed by atoms with Crippen molar-refractivity contribution in [2.45, 2.75) is 45.6 Å². The number of carbonyl (C=O) groups is 3. The second-order valence-electron chi connectivity index (χ2n) is 6.43. The maximum absolute atomic E-state index is 12.4. The second kappa shape index (κ2) is 7.83. The zero-order chi connectivity index (χ0) is 18.7. The molecule has 26 heavy (non-hydrogen) atoms. The molecule has 1 aliphatic rings. The van der Waals surface area contributed by atoms with Gasteiger partial charge in [0.25, 0.3) is 5.91 Å². The van der Waals surface area contributed by atoms with Crippen LogP contribution in [-0.2, 0) is 22.4 Å². The fraction of sp³-hybridized carbons (Fsp3) is 0.350. The number of carbonyl (C=O) groups excluding carboxylic acids is 3. The maximum Gasteiger partial charge on any atom is 0.340 e. The van der Waals surface area contributed by atoms with Crippen molar-refractivity contribution in [1.29, 1.82) is 0 Å². The van der Waals surface area contributed by atoms with E-state index < -0.39 is 18.0 Å². The van der Waals surface area contributed by atoms with Crippen LogP contribution in [0.5, 0.6) is 0 Å². The minimum atomic E-state index is -0.908. The Balaban J connectivity index is 1.61. The van der Waals surface area contributed by atoms with Gasteiger partial charge in [0, 0.05) is 21.5 Å². The van der Waals surface area contributed by atoms with E-state index >= 15 is 0 Å². The number of aryl methyl sites for hydroxylation is 1. The van der Waals surface area contributed by atoms with Crippen LogP contribution >= 0.6 is 11.3 Å². The van der Waals surface area contributed by atoms with E-state index in [9.17, 15) is 14.4 Å². The van der Waals surface area contributed by atoms with E-state index in [2.05, 4.69) is 5.32 Å². The maximum atomic E-state index is 12.4. The summed E-state index contributed by atoms with van der Waals surface area (Å²) in [6, 6.07) is 6.59. The van der Waals surface area contributed by atoms with Crippen LogP contribution < -0.4 is 5.32 Å². The fourth-order valence-corrected chi connectivity index (χ4v) is 4.09. The molecule has 2 aromatic rings. The summed E-state index contributed by atoms with van der Waals surface area (Å²) < 4.78 is 5.36. The Bertz CT molecular complexity index is 838. The molecule has 0 bridgehead atoms. The van der Waals surface area contributed by atoms with Crippen LogP contribution in [0.25, 0.3) is 0 Å². The quantitative estimate of drug-likeness (QED) is 0.637. The molecule has 1 aromatic heterocycles. The smallest absolute Gasteiger partial charge is 0.340 e. The lowest BCUT2D eigenvalue weighted by Gasteiger charge is -2.15. The Hall–Kier alpha value is -2.47. The van der Waals surface area contributed by atoms with E-state index in [0.29, 0.717) is 16.8 Å². The highest BCUT2D eigenvalue weighted by Crippen LogP contribution is 2.30. The van der Waals surface area contributed by atoms with Crippen LogP contribution in [0, 0.1) is 0 Å². The number of Topliss-reactive ketones (excluding diaryl/α,β-unsaturated/α-hetero) is 1. The zero-order valence-electron chi connectivity index (χ0n) is 14.8. The SMILES string of the molecule is CC(=O)c1ccc(NC(=O)C(C)OC(=O)c2csc3c2CCCC3)cc1. The summed E-state index contributed by atoms with van der Waals surface area (Å²) in [6.07, 6.45) is 3.24. The molecule has 6 heteroatoms. The number of anilines is 1. The molecule has 3 rings (SSSR count). The molecule has 0 saturated heterocycles. The highest BCUT2D eigenvalue weighted by atomic mass is 32.1. The topological polar surface area (TPSA) is 72.5 Å². The molecule has 1 atom stereocenters. The summed E-state index contributed by atoms with van der Waals surface area (Å²) in [5.74, 6) is -0.888. The number of esters is 1. The van der Waals surface area contributed by atoms with E-state index in [0.717, 1.165) is 31.2 Å². The van der Waals surface area contributed by atoms with E-state index in [1.54, 1.807) is 42.5 Å². The zero-order valence-corrected chi connectivity index (χ0v) is 15.7. The lowest BCUT2D eigenvalue weighted by Crippen LogP contribution is -2.30. The highest BCUT2D eigenvalue weighted by Gasteiger charge is 2.24. The third-order valence-electron chi connectivity index (χ3n) is 4.49. The van der Waals surface area contributed by atoms with Gasteiger partial charge in [0.1, 0.15) is 0 Å². The largest absolute Gasteiger partial charge is 0.449 e. The summed E-state index contributed by atoms with van der Waals surface area (Å²) in [7, 11) is 0. The number of rotatable bonds is 5. The van der Waals surface area contributed by atoms with Gasteiger partial charge < -0.3 is 10.1 Å². The molecule has 0 spiro atoms. The lowest BCUT2D eigenvalue weighted by atomic mass is 9.96. The lowest BCUT2D eigenvalue weighted by molar-refractivity contribution is -0.123. The van der Waals surface area contributed by atoms with Gasteiger partial charge >= 0.3 is 5.97 Å². The summed E-state index contributed by atoms with van der Waals surface area (Å²) >= 11 is 1.59. The van der Waals surface area contributed by atoms with Gasteiger partial charge in [-0.3, -0.25) is 9.59 Å². The molecular formula is C20H21NO4S. The first kappa shape index (κ1) is 18.3. The monoisotopic (exact) mass is 371 g/mol. The number of hydrogen-bond donors (Lipinski definition) is 1. The average molecular weight is 371 g/mol. The number of hydrogen-bond acceptors (Lipinski definition) is 5. The van der Waals surface area contributed by atoms with Crippen molar-refractivity contribution in [2.24, 2.45) is 0 Å². The van der Waals surface area contributed by atoms with Crippen molar-refractivity contribution >= 4 is 34.7 Å². The van der Waals surface area contributed by atoms with Crippen molar-refractivity contribution in [3.63, 3.8) is 0 Å². The molecule has 0 saturated carbocycles. The Morgan fingerprint density at radius 2 is 1.81 bits per heavy atom. The van der Waals surface area contributed by atoms with Crippen LogP contribution in [0.3, 0.4) is 0 Å². The summed E-state index contributed by atoms with van der Waals surface area (Å²) in [5, 5.41) is 4.53. The van der Waals surface area contributed by atoms with Crippen LogP contribution in [0.15, 0.2) is 29.6 Å². The van der Waals surface area contributed by atoms with Crippen LogP contribution in [-0.4, -0.2) is 23.8 Å². The third kappa shape index (κ3) is 4.02. The molecular weight excluding hydrogens is 350 g/mol. The van der Waals surface area contributed by atoms with Gasteiger partial charge in [-0.1, -0.05) is 0 Å². The molecule has 0 fully saturated rings. The number of fused-ring (bicyclic) bond motifs is 1. The van der Waals surface area contributed by atoms with Crippen molar-refractivity contribution < 1.29 is 19.1 Å². The molecule has 136 valence electrons. The Kier molecular flexibility index (Phi) is 5.52. The molecule has 0 aliphatic heterocycles. The summed E-state index contributed by atoms with van der Waals surface area (Å²) in [5.41, 5.74) is 2.80. The molecule has 1 aliphatic carbocycles. The van der Waals surface area contributed by atoms with Crippen LogP contribution in [0.2, 0.25) is 0 Å². The molecule has 1 heterocycles. The molecule has 1 unspecified atom stereocenters. The molecule has 1 aromatic carbocycles. The second-order valence-corrected chi connectivity index (χ2v) is 7.39. The van der Waals surface area contributed by atoms with Crippen molar-refractivity contribution in [3.05, 3.63) is 51.2 Å². The number of amides is 1. The van der Waals surface area contributed by atoms with Crippen LogP contribution in [0.4, 0.5) is 5.69 Å². The predicted octanol–water partition coefficient (Wildman–Crippen LogP) is 4.01. The molecule has 0 radical (unpaired) electrons. The first-order valence-corrected chi connectivity index (χ1v) is 9.55. The van der Waals surface area contributed by atoms with Gasteiger partial charge in [0.2, 0.25) is 0 Å². The van der Waals surface area contributed by atoms with Crippen molar-refractivity contribution in [3.8, 4) is 0 Å². The van der Waals surface area contributed by atoms with E-state index in [1.165, 1.54) is 11.8 Å². The highest BCUT2D eigenvalue weighted by molar-refractivity contribution is 7.10. The van der Waals surface area contributed by atoms with Crippen molar-refractivity contribution in [2.75, 3.05) is 5.32 Å². The Morgan fingerprint density at radius 3 is 2.50 bits per heavy atom. The summed E-state index contributed by atoms with van der Waals surface area (Å²) in [6.45, 7) is 3.04. The first-order chi connectivity index (χ1) is 12.5. The van der Waals surface area contributed by atoms with Crippen molar-refractivity contribution in [1.82, 2.24) is 0 Å². The van der Waals surface area contributed by atoms with E-state index in [4.69, 9.17) is 4.74 Å². The normalized spacial score (nSPS) is 14.2. The minimum Gasteiger partial charge on any atom is -0.449 e. The van der Waals surface area contributed by atoms with Crippen LogP contribution in [0.1, 0.15) is 57.8 Å². The van der Waals surface area contributed by atoms with E-state index in [-0.39, 0.29) is 5.78 Å². The number of ketones is 1. The van der Waals surface area contributed by atoms with Gasteiger partial charge in [-0.25, -0.2) is 4.79 Å². The number of nitrogens with one attached hydrogen (secondary N) is 1. The molecule has 5 nitrogen and oxygen atoms in total. The molecule has 1 amide bonds.